The smallest absolute Gasteiger partial charge is 0.0329 e. The highest BCUT2D eigenvalue weighted by molar-refractivity contribution is 5.24. The number of piperidine rings is 1. The van der Waals surface area contributed by atoms with Crippen LogP contribution in [0.2, 0.25) is 0 Å². The monoisotopic (exact) mass is 274 g/mol. The fourth-order valence-corrected chi connectivity index (χ4v) is 2.97. The van der Waals surface area contributed by atoms with E-state index < -0.39 is 0 Å². The van der Waals surface area contributed by atoms with Crippen LogP contribution in [0.5, 0.6) is 0 Å². The van der Waals surface area contributed by atoms with Gasteiger partial charge in [-0.25, -0.2) is 0 Å². The molecule has 1 N–H and O–H groups in total. The Morgan fingerprint density at radius 1 is 1.15 bits per heavy atom. The molecule has 1 fully saturated rings. The van der Waals surface area contributed by atoms with Crippen molar-refractivity contribution in [2.24, 2.45) is 5.41 Å². The van der Waals surface area contributed by atoms with Gasteiger partial charge >= 0.3 is 0 Å². The van der Waals surface area contributed by atoms with Crippen LogP contribution in [0.15, 0.2) is 24.3 Å². The van der Waals surface area contributed by atoms with Crippen LogP contribution in [0.3, 0.4) is 0 Å². The standard InChI is InChI=1S/C18H30N2/c1-15-5-7-16(8-6-15)17(19-4)9-12-20-13-10-18(2,3)11-14-20/h5-8,17,19H,9-14H2,1-4H3. The number of nitrogens with one attached hydrogen (secondary N) is 1. The second-order valence-corrected chi connectivity index (χ2v) is 7.05. The molecule has 0 aliphatic carbocycles. The van der Waals surface area contributed by atoms with Crippen molar-refractivity contribution in [2.45, 2.75) is 46.1 Å². The fourth-order valence-electron chi connectivity index (χ4n) is 2.97. The molecule has 0 radical (unpaired) electrons. The summed E-state index contributed by atoms with van der Waals surface area (Å²) in [6.07, 6.45) is 3.86. The van der Waals surface area contributed by atoms with Crippen LogP contribution in [-0.4, -0.2) is 31.6 Å². The van der Waals surface area contributed by atoms with Crippen LogP contribution in [0.1, 0.15) is 50.3 Å². The number of likely N-dealkylation sites (tertiary alicyclic amines) is 1. The third kappa shape index (κ3) is 4.32. The topological polar surface area (TPSA) is 15.3 Å². The van der Waals surface area contributed by atoms with Crippen LogP contribution < -0.4 is 5.32 Å². The van der Waals surface area contributed by atoms with Gasteiger partial charge in [0, 0.05) is 6.04 Å². The van der Waals surface area contributed by atoms with E-state index in [0.29, 0.717) is 11.5 Å². The van der Waals surface area contributed by atoms with Gasteiger partial charge in [0.15, 0.2) is 0 Å². The molecule has 1 atom stereocenters. The van der Waals surface area contributed by atoms with Crippen molar-refractivity contribution < 1.29 is 0 Å². The van der Waals surface area contributed by atoms with E-state index in [1.807, 2.05) is 0 Å². The van der Waals surface area contributed by atoms with Crippen LogP contribution in [0, 0.1) is 12.3 Å². The van der Waals surface area contributed by atoms with E-state index in [1.165, 1.54) is 50.0 Å². The number of nitrogens with zero attached hydrogens (tertiary/aromatic N) is 1. The van der Waals surface area contributed by atoms with E-state index in [-0.39, 0.29) is 0 Å². The minimum atomic E-state index is 0.477. The van der Waals surface area contributed by atoms with Gasteiger partial charge in [0.05, 0.1) is 0 Å². The molecule has 2 heteroatoms. The summed E-state index contributed by atoms with van der Waals surface area (Å²) in [7, 11) is 2.07. The van der Waals surface area contributed by atoms with Gasteiger partial charge in [-0.2, -0.15) is 0 Å². The van der Waals surface area contributed by atoms with Gasteiger partial charge in [-0.05, 0) is 63.8 Å². The highest BCUT2D eigenvalue weighted by Gasteiger charge is 2.25. The van der Waals surface area contributed by atoms with Gasteiger partial charge < -0.3 is 10.2 Å². The molecule has 0 aromatic heterocycles. The van der Waals surface area contributed by atoms with E-state index >= 15 is 0 Å². The molecule has 1 aliphatic heterocycles. The Bertz CT molecular complexity index is 398. The van der Waals surface area contributed by atoms with E-state index in [2.05, 4.69) is 62.3 Å². The van der Waals surface area contributed by atoms with E-state index in [1.54, 1.807) is 0 Å². The molecular formula is C18H30N2. The number of rotatable bonds is 5. The molecule has 1 saturated heterocycles. The van der Waals surface area contributed by atoms with Gasteiger partial charge in [-0.15, -0.1) is 0 Å². The summed E-state index contributed by atoms with van der Waals surface area (Å²) in [4.78, 5) is 2.63. The molecule has 20 heavy (non-hydrogen) atoms. The van der Waals surface area contributed by atoms with Crippen molar-refractivity contribution in [3.8, 4) is 0 Å². The van der Waals surface area contributed by atoms with Crippen molar-refractivity contribution in [2.75, 3.05) is 26.7 Å². The maximum absolute atomic E-state index is 3.47. The summed E-state index contributed by atoms with van der Waals surface area (Å²) in [6.45, 7) is 10.7. The Morgan fingerprint density at radius 3 is 2.30 bits per heavy atom. The summed E-state index contributed by atoms with van der Waals surface area (Å²) in [5, 5.41) is 3.47. The average molecular weight is 274 g/mol. The summed E-state index contributed by atoms with van der Waals surface area (Å²) >= 11 is 0. The van der Waals surface area contributed by atoms with Gasteiger partial charge in [-0.1, -0.05) is 43.7 Å². The lowest BCUT2D eigenvalue weighted by atomic mass is 9.82. The van der Waals surface area contributed by atoms with Crippen LogP contribution in [0.25, 0.3) is 0 Å². The minimum Gasteiger partial charge on any atom is -0.313 e. The molecule has 1 aliphatic rings. The zero-order valence-corrected chi connectivity index (χ0v) is 13.6. The molecule has 1 aromatic carbocycles. The highest BCUT2D eigenvalue weighted by atomic mass is 15.1. The van der Waals surface area contributed by atoms with Crippen molar-refractivity contribution >= 4 is 0 Å². The third-order valence-electron chi connectivity index (χ3n) is 4.77. The largest absolute Gasteiger partial charge is 0.313 e. The Labute approximate surface area is 124 Å². The summed E-state index contributed by atoms with van der Waals surface area (Å²) in [5.74, 6) is 0. The van der Waals surface area contributed by atoms with E-state index in [0.717, 1.165) is 0 Å². The van der Waals surface area contributed by atoms with Crippen molar-refractivity contribution in [3.63, 3.8) is 0 Å². The highest BCUT2D eigenvalue weighted by Crippen LogP contribution is 2.30. The Hall–Kier alpha value is -0.860. The normalized spacial score (nSPS) is 20.8. The molecular weight excluding hydrogens is 244 g/mol. The second-order valence-electron chi connectivity index (χ2n) is 7.05. The molecule has 1 heterocycles. The summed E-state index contributed by atoms with van der Waals surface area (Å²) < 4.78 is 0. The molecule has 0 amide bonds. The van der Waals surface area contributed by atoms with Crippen LogP contribution in [0.4, 0.5) is 0 Å². The molecule has 112 valence electrons. The van der Waals surface area contributed by atoms with Crippen LogP contribution >= 0.6 is 0 Å². The van der Waals surface area contributed by atoms with Gasteiger partial charge in [-0.3, -0.25) is 0 Å². The maximum Gasteiger partial charge on any atom is 0.0329 e. The van der Waals surface area contributed by atoms with Crippen LogP contribution in [-0.2, 0) is 0 Å². The first kappa shape index (κ1) is 15.5. The first-order valence-electron chi connectivity index (χ1n) is 7.96. The lowest BCUT2D eigenvalue weighted by molar-refractivity contribution is 0.128. The average Bonchev–Trinajstić information content (AvgIpc) is 2.43. The molecule has 2 nitrogen and oxygen atoms in total. The van der Waals surface area contributed by atoms with Gasteiger partial charge in [0.1, 0.15) is 0 Å². The van der Waals surface area contributed by atoms with Gasteiger partial charge in [0.25, 0.3) is 0 Å². The number of benzene rings is 1. The summed E-state index contributed by atoms with van der Waals surface area (Å²) in [6, 6.07) is 9.42. The number of hydrogen-bond acceptors (Lipinski definition) is 2. The second kappa shape index (κ2) is 6.73. The predicted molar refractivity (Wildman–Crippen MR) is 87.1 cm³/mol. The maximum atomic E-state index is 3.47. The van der Waals surface area contributed by atoms with Gasteiger partial charge in [0.2, 0.25) is 0 Å². The van der Waals surface area contributed by atoms with E-state index in [4.69, 9.17) is 0 Å². The summed E-state index contributed by atoms with van der Waals surface area (Å²) in [5.41, 5.74) is 3.30. The zero-order chi connectivity index (χ0) is 14.6. The predicted octanol–water partition coefficient (Wildman–Crippen LogP) is 3.77. The molecule has 0 saturated carbocycles. The number of hydrogen-bond donors (Lipinski definition) is 1. The van der Waals surface area contributed by atoms with Crippen molar-refractivity contribution in [1.82, 2.24) is 10.2 Å². The van der Waals surface area contributed by atoms with Crippen molar-refractivity contribution in [1.29, 1.82) is 0 Å². The SMILES string of the molecule is CNC(CCN1CCC(C)(C)CC1)c1ccc(C)cc1. The Morgan fingerprint density at radius 2 is 1.75 bits per heavy atom. The zero-order valence-electron chi connectivity index (χ0n) is 13.6. The molecule has 0 bridgehead atoms. The number of aryl methyl sites for hydroxylation is 1. The van der Waals surface area contributed by atoms with E-state index in [9.17, 15) is 0 Å². The Balaban J connectivity index is 1.84. The first-order valence-corrected chi connectivity index (χ1v) is 7.96. The lowest BCUT2D eigenvalue weighted by Gasteiger charge is -2.37. The molecule has 0 spiro atoms. The lowest BCUT2D eigenvalue weighted by Crippen LogP contribution is -2.38. The fraction of sp³-hybridized carbons (Fsp3) is 0.667. The third-order valence-corrected chi connectivity index (χ3v) is 4.77. The minimum absolute atomic E-state index is 0.477. The van der Waals surface area contributed by atoms with Crippen molar-refractivity contribution in [3.05, 3.63) is 35.4 Å². The molecule has 1 unspecified atom stereocenters. The molecule has 1 aromatic rings. The molecule has 2 rings (SSSR count). The first-order chi connectivity index (χ1) is 9.50. The Kier molecular flexibility index (Phi) is 5.22. The quantitative estimate of drug-likeness (QED) is 0.879.